The number of amides is 1. The number of pyridine rings is 1. The van der Waals surface area contributed by atoms with Crippen molar-refractivity contribution in [2.75, 3.05) is 19.0 Å². The SMILES string of the molecule is COc1ccc(NC(=O)COC(=O)c2cccc[n+]2[O-])c([N+](=O)[O-])c1. The maximum Gasteiger partial charge on any atom is 0.405 e. The van der Waals surface area contributed by atoms with E-state index in [-0.39, 0.29) is 22.8 Å². The molecule has 1 aromatic heterocycles. The van der Waals surface area contributed by atoms with E-state index in [1.807, 2.05) is 0 Å². The van der Waals surface area contributed by atoms with Gasteiger partial charge < -0.3 is 20.0 Å². The number of benzene rings is 1. The second-order valence-electron chi connectivity index (χ2n) is 4.68. The number of nitrogens with one attached hydrogen (secondary N) is 1. The molecule has 0 aliphatic rings. The normalized spacial score (nSPS) is 9.96. The van der Waals surface area contributed by atoms with Gasteiger partial charge in [0.05, 0.1) is 18.1 Å². The monoisotopic (exact) mass is 347 g/mol. The van der Waals surface area contributed by atoms with Gasteiger partial charge in [0.15, 0.2) is 12.8 Å². The molecule has 25 heavy (non-hydrogen) atoms. The second kappa shape index (κ2) is 7.73. The summed E-state index contributed by atoms with van der Waals surface area (Å²) in [5.74, 6) is -1.54. The summed E-state index contributed by atoms with van der Waals surface area (Å²) in [6.07, 6.45) is 1.11. The summed E-state index contributed by atoms with van der Waals surface area (Å²) in [7, 11) is 1.35. The van der Waals surface area contributed by atoms with Gasteiger partial charge >= 0.3 is 11.7 Å². The van der Waals surface area contributed by atoms with E-state index in [2.05, 4.69) is 5.32 Å². The summed E-state index contributed by atoms with van der Waals surface area (Å²) >= 11 is 0. The summed E-state index contributed by atoms with van der Waals surface area (Å²) in [4.78, 5) is 33.9. The Labute approximate surface area is 141 Å². The van der Waals surface area contributed by atoms with Gasteiger partial charge in [0.25, 0.3) is 11.6 Å². The highest BCUT2D eigenvalue weighted by Gasteiger charge is 2.20. The first kappa shape index (κ1) is 17.7. The third kappa shape index (κ3) is 4.41. The molecule has 0 atom stereocenters. The fourth-order valence-corrected chi connectivity index (χ4v) is 1.87. The minimum atomic E-state index is -0.991. The third-order valence-electron chi connectivity index (χ3n) is 3.04. The van der Waals surface area contributed by atoms with Gasteiger partial charge in [0.2, 0.25) is 0 Å². The van der Waals surface area contributed by atoms with E-state index < -0.39 is 23.4 Å². The van der Waals surface area contributed by atoms with Crippen LogP contribution in [-0.2, 0) is 9.53 Å². The first-order chi connectivity index (χ1) is 11.9. The van der Waals surface area contributed by atoms with Crippen LogP contribution in [0.15, 0.2) is 42.6 Å². The maximum absolute atomic E-state index is 11.8. The number of hydrogen-bond acceptors (Lipinski definition) is 7. The Bertz CT molecular complexity index is 823. The molecule has 0 bridgehead atoms. The van der Waals surface area contributed by atoms with E-state index in [0.29, 0.717) is 4.73 Å². The summed E-state index contributed by atoms with van der Waals surface area (Å²) in [6, 6.07) is 8.00. The molecule has 0 unspecified atom stereocenters. The molecule has 0 aliphatic carbocycles. The first-order valence-electron chi connectivity index (χ1n) is 6.90. The molecular formula is C15H13N3O7. The van der Waals surface area contributed by atoms with Gasteiger partial charge in [-0.1, -0.05) is 0 Å². The number of anilines is 1. The molecule has 0 spiro atoms. The fourth-order valence-electron chi connectivity index (χ4n) is 1.87. The van der Waals surface area contributed by atoms with E-state index in [1.54, 1.807) is 0 Å². The molecule has 0 fully saturated rings. The van der Waals surface area contributed by atoms with E-state index in [1.165, 1.54) is 37.4 Å². The third-order valence-corrected chi connectivity index (χ3v) is 3.04. The summed E-state index contributed by atoms with van der Waals surface area (Å²) < 4.78 is 9.91. The van der Waals surface area contributed by atoms with Crippen LogP contribution in [0.4, 0.5) is 11.4 Å². The van der Waals surface area contributed by atoms with Crippen LogP contribution in [0.25, 0.3) is 0 Å². The number of ether oxygens (including phenoxy) is 2. The molecule has 10 heteroatoms. The van der Waals surface area contributed by atoms with Gasteiger partial charge in [-0.25, -0.2) is 4.79 Å². The lowest BCUT2D eigenvalue weighted by molar-refractivity contribution is -0.608. The van der Waals surface area contributed by atoms with Crippen molar-refractivity contribution >= 4 is 23.3 Å². The van der Waals surface area contributed by atoms with Crippen molar-refractivity contribution < 1.29 is 28.7 Å². The lowest BCUT2D eigenvalue weighted by Crippen LogP contribution is -2.35. The Kier molecular flexibility index (Phi) is 5.46. The van der Waals surface area contributed by atoms with Crippen LogP contribution in [0.3, 0.4) is 0 Å². The fraction of sp³-hybridized carbons (Fsp3) is 0.133. The van der Waals surface area contributed by atoms with Crippen LogP contribution in [0.1, 0.15) is 10.5 Å². The molecule has 0 aliphatic heterocycles. The number of nitro groups is 1. The predicted molar refractivity (Wildman–Crippen MR) is 84.0 cm³/mol. The molecule has 130 valence electrons. The molecule has 0 saturated heterocycles. The molecule has 10 nitrogen and oxygen atoms in total. The van der Waals surface area contributed by atoms with Crippen LogP contribution < -0.4 is 14.8 Å². The molecule has 1 heterocycles. The van der Waals surface area contributed by atoms with Gasteiger partial charge in [-0.15, -0.1) is 0 Å². The van der Waals surface area contributed by atoms with Crippen molar-refractivity contribution in [3.8, 4) is 5.75 Å². The Morgan fingerprint density at radius 2 is 2.04 bits per heavy atom. The maximum atomic E-state index is 11.8. The molecule has 1 amide bonds. The number of nitro benzene ring substituents is 1. The zero-order chi connectivity index (χ0) is 18.4. The minimum absolute atomic E-state index is 0.0783. The molecule has 1 aromatic carbocycles. The lowest BCUT2D eigenvalue weighted by atomic mass is 10.2. The number of aromatic nitrogens is 1. The second-order valence-corrected chi connectivity index (χ2v) is 4.68. The highest BCUT2D eigenvalue weighted by Crippen LogP contribution is 2.28. The van der Waals surface area contributed by atoms with Crippen LogP contribution in [0.5, 0.6) is 5.75 Å². The number of carbonyl (C=O) groups is 2. The quantitative estimate of drug-likeness (QED) is 0.271. The first-order valence-corrected chi connectivity index (χ1v) is 6.90. The smallest absolute Gasteiger partial charge is 0.405 e. The molecule has 2 rings (SSSR count). The number of rotatable bonds is 6. The average molecular weight is 347 g/mol. The van der Waals surface area contributed by atoms with Crippen molar-refractivity contribution in [1.29, 1.82) is 0 Å². The van der Waals surface area contributed by atoms with Crippen molar-refractivity contribution in [3.05, 3.63) is 63.6 Å². The van der Waals surface area contributed by atoms with Gasteiger partial charge in [-0.2, -0.15) is 4.73 Å². The van der Waals surface area contributed by atoms with Gasteiger partial charge in [-0.3, -0.25) is 14.9 Å². The lowest BCUT2D eigenvalue weighted by Gasteiger charge is -2.08. The highest BCUT2D eigenvalue weighted by atomic mass is 16.6. The number of carbonyl (C=O) groups excluding carboxylic acids is 2. The summed E-state index contributed by atoms with van der Waals surface area (Å²) in [5.41, 5.74) is -0.740. The minimum Gasteiger partial charge on any atom is -0.618 e. The zero-order valence-electron chi connectivity index (χ0n) is 13.0. The summed E-state index contributed by atoms with van der Waals surface area (Å²) in [6.45, 7) is -0.711. The number of esters is 1. The van der Waals surface area contributed by atoms with E-state index in [0.717, 1.165) is 12.3 Å². The Hall–Kier alpha value is -3.69. The summed E-state index contributed by atoms with van der Waals surface area (Å²) in [5, 5.41) is 24.7. The van der Waals surface area contributed by atoms with E-state index in [4.69, 9.17) is 9.47 Å². The van der Waals surface area contributed by atoms with Crippen LogP contribution >= 0.6 is 0 Å². The van der Waals surface area contributed by atoms with Crippen molar-refractivity contribution in [2.24, 2.45) is 0 Å². The van der Waals surface area contributed by atoms with Gasteiger partial charge in [0, 0.05) is 12.1 Å². The standard InChI is InChI=1S/C15H13N3O7/c1-24-10-5-6-11(13(8-10)18(22)23)16-14(19)9-25-15(20)12-4-2-3-7-17(12)21/h2-8H,9H2,1H3,(H,16,19). The molecule has 1 N–H and O–H groups in total. The highest BCUT2D eigenvalue weighted by molar-refractivity contribution is 5.96. The van der Waals surface area contributed by atoms with Crippen LogP contribution in [-0.4, -0.2) is 30.5 Å². The molecule has 2 aromatic rings. The Morgan fingerprint density at radius 3 is 2.68 bits per heavy atom. The van der Waals surface area contributed by atoms with E-state index in [9.17, 15) is 24.9 Å². The predicted octanol–water partition coefficient (Wildman–Crippen LogP) is 1.03. The number of hydrogen-bond donors (Lipinski definition) is 1. The number of nitrogens with zero attached hydrogens (tertiary/aromatic N) is 2. The van der Waals surface area contributed by atoms with Crippen LogP contribution in [0.2, 0.25) is 0 Å². The van der Waals surface area contributed by atoms with Crippen molar-refractivity contribution in [3.63, 3.8) is 0 Å². The Morgan fingerprint density at radius 1 is 1.28 bits per heavy atom. The van der Waals surface area contributed by atoms with Crippen molar-refractivity contribution in [1.82, 2.24) is 0 Å². The van der Waals surface area contributed by atoms with E-state index >= 15 is 0 Å². The molecule has 0 radical (unpaired) electrons. The average Bonchev–Trinajstić information content (AvgIpc) is 2.60. The molecule has 0 saturated carbocycles. The van der Waals surface area contributed by atoms with Gasteiger partial charge in [0.1, 0.15) is 11.4 Å². The van der Waals surface area contributed by atoms with Crippen LogP contribution in [0, 0.1) is 15.3 Å². The number of methoxy groups -OCH3 is 1. The Balaban J connectivity index is 2.02. The zero-order valence-corrected chi connectivity index (χ0v) is 13.0. The molecular weight excluding hydrogens is 334 g/mol. The largest absolute Gasteiger partial charge is 0.618 e. The van der Waals surface area contributed by atoms with Gasteiger partial charge in [-0.05, 0) is 18.2 Å². The van der Waals surface area contributed by atoms with Crippen molar-refractivity contribution in [2.45, 2.75) is 0 Å². The topological polar surface area (TPSA) is 135 Å².